The van der Waals surface area contributed by atoms with Crippen molar-refractivity contribution in [2.75, 3.05) is 17.5 Å². The molecule has 1 N–H and O–H groups in total. The molecule has 0 amide bonds. The maximum absolute atomic E-state index is 14.1. The van der Waals surface area contributed by atoms with Crippen molar-refractivity contribution in [2.24, 2.45) is 5.92 Å². The van der Waals surface area contributed by atoms with Crippen molar-refractivity contribution in [2.45, 2.75) is 62.5 Å². The van der Waals surface area contributed by atoms with Crippen LogP contribution in [-0.2, 0) is 10.0 Å². The molecule has 1 saturated carbocycles. The Balaban J connectivity index is 1.44. The maximum atomic E-state index is 14.1. The number of hydrogen-bond acceptors (Lipinski definition) is 7. The number of fused-ring (bicyclic) bond motifs is 1. The second kappa shape index (κ2) is 11.9. The molecule has 2 aromatic carbocycles. The van der Waals surface area contributed by atoms with Gasteiger partial charge in [0, 0.05) is 6.07 Å². The van der Waals surface area contributed by atoms with Crippen LogP contribution in [0.3, 0.4) is 0 Å². The van der Waals surface area contributed by atoms with E-state index < -0.39 is 57.3 Å². The summed E-state index contributed by atoms with van der Waals surface area (Å²) >= 11 is 0. The maximum Gasteiger partial charge on any atom is 0.441 e. The van der Waals surface area contributed by atoms with E-state index >= 15 is 0 Å². The van der Waals surface area contributed by atoms with Crippen LogP contribution in [-0.4, -0.2) is 49.2 Å². The Morgan fingerprint density at radius 2 is 1.79 bits per heavy atom. The van der Waals surface area contributed by atoms with Crippen LogP contribution < -0.4 is 19.5 Å². The summed E-state index contributed by atoms with van der Waals surface area (Å²) in [4.78, 5) is 13.3. The van der Waals surface area contributed by atoms with Crippen LogP contribution in [0.15, 0.2) is 45.7 Å². The molecule has 3 aromatic rings. The lowest BCUT2D eigenvalue weighted by Gasteiger charge is -2.38. The molecule has 42 heavy (non-hydrogen) atoms. The first kappa shape index (κ1) is 29.9. The second-order valence-electron chi connectivity index (χ2n) is 10.4. The van der Waals surface area contributed by atoms with E-state index in [1.54, 1.807) is 0 Å². The molecule has 1 aliphatic heterocycles. The molecule has 2 heterocycles. The number of nitrogens with zero attached hydrogens (tertiary/aromatic N) is 2. The van der Waals surface area contributed by atoms with Gasteiger partial charge in [-0.3, -0.25) is 8.83 Å². The first-order chi connectivity index (χ1) is 19.9. The van der Waals surface area contributed by atoms with Crippen LogP contribution in [0.1, 0.15) is 44.9 Å². The van der Waals surface area contributed by atoms with Crippen molar-refractivity contribution in [1.29, 1.82) is 0 Å². The van der Waals surface area contributed by atoms with Gasteiger partial charge in [-0.1, -0.05) is 18.9 Å². The standard InChI is InChI=1S/C27H28F5N3O6S/c28-19-10-17(11-20(29)14-19)16-7-8-24-23(12-16)35(15-21(40-24)5-3-9-39-25-33-26(36)41-34-25)42(37,38)22-6-2-1-4-18(13-22)27(30,31)32/h7-8,10-12,14,18,21-22H,1-6,9,13,15H2,(H,33,34,36). The van der Waals surface area contributed by atoms with Gasteiger partial charge in [-0.05, 0) is 72.7 Å². The molecule has 0 radical (unpaired) electrons. The molecule has 2 aliphatic rings. The second-order valence-corrected chi connectivity index (χ2v) is 12.6. The fraction of sp³-hybridized carbons (Fsp3) is 0.481. The predicted molar refractivity (Wildman–Crippen MR) is 141 cm³/mol. The van der Waals surface area contributed by atoms with Crippen molar-refractivity contribution >= 4 is 15.7 Å². The molecular formula is C27H28F5N3O6S. The lowest BCUT2D eigenvalue weighted by atomic mass is 10.00. The average molecular weight is 618 g/mol. The van der Waals surface area contributed by atoms with Crippen LogP contribution in [0.2, 0.25) is 0 Å². The van der Waals surface area contributed by atoms with Gasteiger partial charge in [-0.15, -0.1) is 0 Å². The molecule has 0 bridgehead atoms. The molecule has 1 aromatic heterocycles. The highest BCUT2D eigenvalue weighted by atomic mass is 32.2. The third-order valence-electron chi connectivity index (χ3n) is 7.48. The first-order valence-corrected chi connectivity index (χ1v) is 14.9. The number of H-pyrrole nitrogens is 1. The van der Waals surface area contributed by atoms with Crippen LogP contribution in [0.5, 0.6) is 11.8 Å². The highest BCUT2D eigenvalue weighted by molar-refractivity contribution is 7.93. The molecular weight excluding hydrogens is 589 g/mol. The molecule has 9 nitrogen and oxygen atoms in total. The number of alkyl halides is 3. The van der Waals surface area contributed by atoms with Gasteiger partial charge in [-0.25, -0.2) is 27.0 Å². The summed E-state index contributed by atoms with van der Waals surface area (Å²) in [5, 5.41) is 2.11. The van der Waals surface area contributed by atoms with Crippen molar-refractivity contribution in [3.05, 3.63) is 58.6 Å². The Labute approximate surface area is 237 Å². The van der Waals surface area contributed by atoms with E-state index in [0.29, 0.717) is 30.9 Å². The lowest BCUT2D eigenvalue weighted by molar-refractivity contribution is -0.177. The van der Waals surface area contributed by atoms with Gasteiger partial charge in [0.1, 0.15) is 23.5 Å². The van der Waals surface area contributed by atoms with E-state index in [-0.39, 0.29) is 55.4 Å². The number of aromatic amines is 1. The smallest absolute Gasteiger partial charge is 0.441 e. The number of halogens is 5. The molecule has 0 spiro atoms. The topological polar surface area (TPSA) is 115 Å². The van der Waals surface area contributed by atoms with Gasteiger partial charge < -0.3 is 9.47 Å². The Hall–Kier alpha value is -3.62. The van der Waals surface area contributed by atoms with E-state index in [9.17, 15) is 35.2 Å². The van der Waals surface area contributed by atoms with Crippen LogP contribution in [0.4, 0.5) is 27.6 Å². The van der Waals surface area contributed by atoms with Gasteiger partial charge in [0.2, 0.25) is 10.0 Å². The van der Waals surface area contributed by atoms with Crippen LogP contribution >= 0.6 is 0 Å². The van der Waals surface area contributed by atoms with Gasteiger partial charge >= 0.3 is 17.9 Å². The number of benzene rings is 2. The van der Waals surface area contributed by atoms with Crippen molar-refractivity contribution in [3.8, 4) is 22.9 Å². The monoisotopic (exact) mass is 617 g/mol. The molecule has 3 atom stereocenters. The van der Waals surface area contributed by atoms with E-state index in [1.807, 2.05) is 0 Å². The van der Waals surface area contributed by atoms with E-state index in [2.05, 4.69) is 14.7 Å². The van der Waals surface area contributed by atoms with E-state index in [1.165, 1.54) is 18.2 Å². The molecule has 1 fully saturated rings. The number of nitrogens with one attached hydrogen (secondary N) is 1. The summed E-state index contributed by atoms with van der Waals surface area (Å²) in [7, 11) is -4.32. The van der Waals surface area contributed by atoms with E-state index in [0.717, 1.165) is 16.4 Å². The number of rotatable bonds is 8. The van der Waals surface area contributed by atoms with Crippen LogP contribution in [0.25, 0.3) is 11.1 Å². The zero-order valence-corrected chi connectivity index (χ0v) is 23.0. The highest BCUT2D eigenvalue weighted by Gasteiger charge is 2.46. The zero-order valence-electron chi connectivity index (χ0n) is 22.2. The molecule has 228 valence electrons. The Kier molecular flexibility index (Phi) is 8.49. The average Bonchev–Trinajstić information content (AvgIpc) is 3.16. The number of aromatic nitrogens is 2. The molecule has 15 heteroatoms. The summed E-state index contributed by atoms with van der Waals surface area (Å²) in [6.07, 6.45) is -4.58. The molecule has 5 rings (SSSR count). The molecule has 3 unspecified atom stereocenters. The van der Waals surface area contributed by atoms with Gasteiger partial charge in [-0.2, -0.15) is 13.2 Å². The SMILES string of the molecule is O=c1[nH]c(OCCCC2CN(S(=O)(=O)C3CCCCC(C(F)(F)F)C3)c3cc(-c4cc(F)cc(F)c4)ccc3O2)no1. The Morgan fingerprint density at radius 3 is 2.48 bits per heavy atom. The number of anilines is 1. The molecule has 1 aliphatic carbocycles. The van der Waals surface area contributed by atoms with Crippen molar-refractivity contribution in [1.82, 2.24) is 10.1 Å². The largest absolute Gasteiger partial charge is 0.486 e. The predicted octanol–water partition coefficient (Wildman–Crippen LogP) is 5.58. The number of ether oxygens (including phenoxy) is 2. The summed E-state index contributed by atoms with van der Waals surface area (Å²) in [6.45, 7) is -0.105. The van der Waals surface area contributed by atoms with Gasteiger partial charge in [0.15, 0.2) is 0 Å². The minimum Gasteiger partial charge on any atom is -0.486 e. The number of sulfonamides is 1. The van der Waals surface area contributed by atoms with E-state index in [4.69, 9.17) is 9.47 Å². The first-order valence-electron chi connectivity index (χ1n) is 13.4. The van der Waals surface area contributed by atoms with Gasteiger partial charge in [0.25, 0.3) is 0 Å². The third-order valence-corrected chi connectivity index (χ3v) is 9.71. The summed E-state index contributed by atoms with van der Waals surface area (Å²) in [6, 6.07) is 7.20. The highest BCUT2D eigenvalue weighted by Crippen LogP contribution is 2.43. The lowest BCUT2D eigenvalue weighted by Crippen LogP contribution is -2.48. The zero-order chi connectivity index (χ0) is 30.1. The minimum atomic E-state index is -4.52. The summed E-state index contributed by atoms with van der Waals surface area (Å²) in [5.74, 6) is -4.00. The Bertz CT molecular complexity index is 1550. The van der Waals surface area contributed by atoms with Gasteiger partial charge in [0.05, 0.1) is 30.0 Å². The van der Waals surface area contributed by atoms with Crippen LogP contribution in [0, 0.1) is 17.6 Å². The quantitative estimate of drug-likeness (QED) is 0.200. The third kappa shape index (κ3) is 6.71. The summed E-state index contributed by atoms with van der Waals surface area (Å²) in [5.41, 5.74) is 0.542. The normalized spacial score (nSPS) is 21.4. The van der Waals surface area contributed by atoms with Crippen molar-refractivity contribution in [3.63, 3.8) is 0 Å². The fourth-order valence-corrected chi connectivity index (χ4v) is 7.52. The fourth-order valence-electron chi connectivity index (χ4n) is 5.43. The minimum absolute atomic E-state index is 0.0742. The molecule has 0 saturated heterocycles. The number of hydrogen-bond donors (Lipinski definition) is 1. The Morgan fingerprint density at radius 1 is 1.05 bits per heavy atom. The van der Waals surface area contributed by atoms with Crippen molar-refractivity contribution < 1.29 is 44.4 Å². The summed E-state index contributed by atoms with van der Waals surface area (Å²) < 4.78 is 114.